The molecule has 156 valence electrons. The molecule has 0 radical (unpaired) electrons. The zero-order valence-electron chi connectivity index (χ0n) is 16.2. The molecule has 4 nitrogen and oxygen atoms in total. The monoisotopic (exact) mass is 388 g/mol. The van der Waals surface area contributed by atoms with Gasteiger partial charge in [-0.05, 0) is 44.4 Å². The number of hydrogen-bond acceptors (Lipinski definition) is 3. The number of carbonyl (C=O) groups is 1. The van der Waals surface area contributed by atoms with Crippen LogP contribution in [0.1, 0.15) is 77.6 Å². The van der Waals surface area contributed by atoms with Gasteiger partial charge in [0.05, 0.1) is 5.41 Å². The van der Waals surface area contributed by atoms with Crippen molar-refractivity contribution >= 4 is 5.97 Å². The van der Waals surface area contributed by atoms with Gasteiger partial charge >= 0.3 is 5.97 Å². The van der Waals surface area contributed by atoms with Crippen molar-refractivity contribution in [2.45, 2.75) is 89.8 Å². The fourth-order valence-electron chi connectivity index (χ4n) is 3.81. The molecule has 0 heterocycles. The normalized spacial score (nSPS) is 23.9. The van der Waals surface area contributed by atoms with E-state index in [2.05, 4.69) is 6.92 Å². The molecule has 0 bridgehead atoms. The first-order chi connectivity index (χ1) is 12.8. The molecule has 1 rings (SSSR count). The van der Waals surface area contributed by atoms with E-state index in [0.29, 0.717) is 12.8 Å². The zero-order valence-corrected chi connectivity index (χ0v) is 16.2. The van der Waals surface area contributed by atoms with Crippen LogP contribution in [0, 0.1) is 11.3 Å². The first kappa shape index (κ1) is 23.8. The van der Waals surface area contributed by atoms with Crippen LogP contribution in [0.25, 0.3) is 0 Å². The highest BCUT2D eigenvalue weighted by Gasteiger charge is 2.47. The largest absolute Gasteiger partial charge is 0.477 e. The quantitative estimate of drug-likeness (QED) is 0.234. The Bertz CT molecular complexity index is 502. The summed E-state index contributed by atoms with van der Waals surface area (Å²) < 4.78 is 27.8. The summed E-state index contributed by atoms with van der Waals surface area (Å²) in [7, 11) is 0. The van der Waals surface area contributed by atoms with Gasteiger partial charge in [-0.3, -0.25) is 0 Å². The van der Waals surface area contributed by atoms with E-state index in [4.69, 9.17) is 5.11 Å². The smallest absolute Gasteiger partial charge is 0.364 e. The average Bonchev–Trinajstić information content (AvgIpc) is 3.01. The van der Waals surface area contributed by atoms with Crippen molar-refractivity contribution in [2.24, 2.45) is 11.3 Å². The fraction of sp³-hybridized carbons (Fsp3) is 0.762. The third-order valence-electron chi connectivity index (χ3n) is 5.57. The summed E-state index contributed by atoms with van der Waals surface area (Å²) >= 11 is 0. The van der Waals surface area contributed by atoms with Crippen LogP contribution >= 0.6 is 0 Å². The molecule has 27 heavy (non-hydrogen) atoms. The number of alkyl halides is 2. The van der Waals surface area contributed by atoms with E-state index in [-0.39, 0.29) is 18.8 Å². The van der Waals surface area contributed by atoms with Gasteiger partial charge in [-0.2, -0.15) is 0 Å². The maximum atomic E-state index is 13.9. The first-order valence-corrected chi connectivity index (χ1v) is 10.0. The molecule has 0 saturated heterocycles. The molecule has 0 amide bonds. The second-order valence-corrected chi connectivity index (χ2v) is 7.62. The molecule has 1 saturated carbocycles. The van der Waals surface area contributed by atoms with Crippen LogP contribution in [0.4, 0.5) is 8.78 Å². The van der Waals surface area contributed by atoms with Gasteiger partial charge in [0.15, 0.2) is 0 Å². The van der Waals surface area contributed by atoms with Gasteiger partial charge in [-0.15, -0.1) is 0 Å². The Hall–Kier alpha value is -1.27. The Kier molecular flexibility index (Phi) is 10.2. The zero-order chi connectivity index (χ0) is 20.3. The number of rotatable bonds is 13. The van der Waals surface area contributed by atoms with E-state index >= 15 is 0 Å². The summed E-state index contributed by atoms with van der Waals surface area (Å²) in [5.41, 5.74) is -1.08. The van der Waals surface area contributed by atoms with Crippen molar-refractivity contribution in [3.8, 4) is 0 Å². The van der Waals surface area contributed by atoms with Crippen molar-refractivity contribution in [3.05, 3.63) is 24.3 Å². The van der Waals surface area contributed by atoms with Gasteiger partial charge in [-0.1, -0.05) is 56.9 Å². The Morgan fingerprint density at radius 2 is 1.93 bits per heavy atom. The lowest BCUT2D eigenvalue weighted by Gasteiger charge is -2.31. The number of carboxylic acid groups (broad SMARTS) is 1. The van der Waals surface area contributed by atoms with Crippen LogP contribution in [0.2, 0.25) is 0 Å². The van der Waals surface area contributed by atoms with Crippen LogP contribution in [-0.4, -0.2) is 33.5 Å². The average molecular weight is 388 g/mol. The van der Waals surface area contributed by atoms with Gasteiger partial charge in [0.25, 0.3) is 5.79 Å². The van der Waals surface area contributed by atoms with Crippen LogP contribution in [0.3, 0.4) is 0 Å². The number of unbranched alkanes of at least 4 members (excludes halogenated alkanes) is 4. The van der Waals surface area contributed by atoms with E-state index in [1.165, 1.54) is 6.42 Å². The lowest BCUT2D eigenvalue weighted by molar-refractivity contribution is -0.205. The second kappa shape index (κ2) is 11.5. The third kappa shape index (κ3) is 7.34. The summed E-state index contributed by atoms with van der Waals surface area (Å²) in [6.45, 7) is 2.14. The van der Waals surface area contributed by atoms with Crippen molar-refractivity contribution in [1.82, 2.24) is 0 Å². The number of allylic oxidation sites excluding steroid dienone is 4. The van der Waals surface area contributed by atoms with Crippen molar-refractivity contribution in [1.29, 1.82) is 0 Å². The molecule has 0 aliphatic heterocycles. The van der Waals surface area contributed by atoms with E-state index in [9.17, 15) is 23.8 Å². The molecule has 0 aromatic carbocycles. The molecule has 0 aromatic heterocycles. The molecular weight excluding hydrogens is 354 g/mol. The molecule has 0 unspecified atom stereocenters. The SMILES string of the molecule is CCCCCCC=C[C@@]1(C(F)F)CCC[C@H]1CC=CCCC(O)(O)C(=O)O. The maximum Gasteiger partial charge on any atom is 0.364 e. The summed E-state index contributed by atoms with van der Waals surface area (Å²) in [6, 6.07) is 0. The van der Waals surface area contributed by atoms with Gasteiger partial charge < -0.3 is 15.3 Å². The van der Waals surface area contributed by atoms with E-state index < -0.39 is 23.6 Å². The fourth-order valence-corrected chi connectivity index (χ4v) is 3.81. The minimum absolute atomic E-state index is 0.145. The molecule has 1 aliphatic rings. The summed E-state index contributed by atoms with van der Waals surface area (Å²) in [6.07, 6.45) is 12.3. The van der Waals surface area contributed by atoms with E-state index in [1.807, 2.05) is 6.08 Å². The number of hydrogen-bond donors (Lipinski definition) is 3. The van der Waals surface area contributed by atoms with Crippen molar-refractivity contribution in [2.75, 3.05) is 0 Å². The molecule has 0 aromatic rings. The summed E-state index contributed by atoms with van der Waals surface area (Å²) in [4.78, 5) is 10.6. The Labute approximate surface area is 161 Å². The summed E-state index contributed by atoms with van der Waals surface area (Å²) in [5.74, 6) is -4.58. The molecule has 2 atom stereocenters. The minimum atomic E-state index is -2.75. The van der Waals surface area contributed by atoms with Crippen molar-refractivity contribution in [3.63, 3.8) is 0 Å². The molecule has 0 spiro atoms. The standard InChI is InChI=1S/C21H34F2O4/c1-2-3-4-5-6-9-14-20(18(22)23)15-11-13-17(20)12-8-7-10-16-21(26,27)19(24)25/h7-9,14,17-18,26-27H,2-6,10-13,15-16H2,1H3,(H,24,25)/t17-,20-/m1/s1. The topological polar surface area (TPSA) is 77.8 Å². The van der Waals surface area contributed by atoms with Crippen LogP contribution in [0.5, 0.6) is 0 Å². The number of aliphatic hydroxyl groups is 2. The number of halogens is 2. The molecule has 3 N–H and O–H groups in total. The van der Waals surface area contributed by atoms with Crippen LogP contribution in [0.15, 0.2) is 24.3 Å². The number of carboxylic acids is 1. The lowest BCUT2D eigenvalue weighted by Crippen LogP contribution is -2.37. The lowest BCUT2D eigenvalue weighted by atomic mass is 9.76. The Morgan fingerprint density at radius 1 is 1.19 bits per heavy atom. The van der Waals surface area contributed by atoms with Gasteiger partial charge in [0, 0.05) is 6.42 Å². The van der Waals surface area contributed by atoms with Gasteiger partial charge in [-0.25, -0.2) is 13.6 Å². The van der Waals surface area contributed by atoms with Crippen molar-refractivity contribution < 1.29 is 28.9 Å². The Morgan fingerprint density at radius 3 is 2.56 bits per heavy atom. The van der Waals surface area contributed by atoms with Crippen LogP contribution < -0.4 is 0 Å². The predicted molar refractivity (Wildman–Crippen MR) is 101 cm³/mol. The van der Waals surface area contributed by atoms with Gasteiger partial charge in [0.2, 0.25) is 6.43 Å². The second-order valence-electron chi connectivity index (χ2n) is 7.62. The van der Waals surface area contributed by atoms with Gasteiger partial charge in [0.1, 0.15) is 0 Å². The van der Waals surface area contributed by atoms with Crippen LogP contribution in [-0.2, 0) is 4.79 Å². The van der Waals surface area contributed by atoms with E-state index in [0.717, 1.165) is 38.5 Å². The first-order valence-electron chi connectivity index (χ1n) is 10.0. The molecule has 6 heteroatoms. The predicted octanol–water partition coefficient (Wildman–Crippen LogP) is 5.06. The highest BCUT2D eigenvalue weighted by molar-refractivity contribution is 5.74. The molecule has 1 fully saturated rings. The summed E-state index contributed by atoms with van der Waals surface area (Å²) in [5, 5.41) is 27.1. The van der Waals surface area contributed by atoms with E-state index in [1.54, 1.807) is 18.2 Å². The highest BCUT2D eigenvalue weighted by atomic mass is 19.3. The molecular formula is C21H34F2O4. The number of aliphatic carboxylic acids is 1. The Balaban J connectivity index is 2.57. The third-order valence-corrected chi connectivity index (χ3v) is 5.57. The highest BCUT2D eigenvalue weighted by Crippen LogP contribution is 2.50. The minimum Gasteiger partial charge on any atom is -0.477 e. The maximum absolute atomic E-state index is 13.9. The molecule has 1 aliphatic carbocycles.